The number of thioether (sulfide) groups is 1. The van der Waals surface area contributed by atoms with E-state index < -0.39 is 0 Å². The lowest BCUT2D eigenvalue weighted by Gasteiger charge is -2.33. The molecular formula is C20H26N2O2S. The van der Waals surface area contributed by atoms with Crippen LogP contribution < -0.4 is 5.32 Å². The summed E-state index contributed by atoms with van der Waals surface area (Å²) < 4.78 is 5.64. The molecule has 0 spiro atoms. The van der Waals surface area contributed by atoms with Crippen LogP contribution in [-0.2, 0) is 4.79 Å². The molecule has 1 N–H and O–H groups in total. The molecule has 2 aromatic rings. The van der Waals surface area contributed by atoms with Gasteiger partial charge < -0.3 is 9.73 Å². The van der Waals surface area contributed by atoms with Crippen molar-refractivity contribution in [1.29, 1.82) is 0 Å². The summed E-state index contributed by atoms with van der Waals surface area (Å²) >= 11 is 1.59. The fourth-order valence-corrected chi connectivity index (χ4v) is 4.13. The minimum atomic E-state index is -0.124. The SMILES string of the molecule is C[C@@H](Sc1ccccc1)C(=O)NC[C@H](c1ccco1)N1CCCCC1. The number of likely N-dealkylation sites (tertiary alicyclic amines) is 1. The molecule has 4 nitrogen and oxygen atoms in total. The molecule has 1 aliphatic rings. The second kappa shape index (κ2) is 9.11. The highest BCUT2D eigenvalue weighted by atomic mass is 32.2. The van der Waals surface area contributed by atoms with Gasteiger partial charge in [-0.1, -0.05) is 24.6 Å². The van der Waals surface area contributed by atoms with Crippen molar-refractivity contribution in [3.8, 4) is 0 Å². The zero-order valence-electron chi connectivity index (χ0n) is 14.7. The minimum absolute atomic E-state index is 0.0717. The van der Waals surface area contributed by atoms with E-state index in [9.17, 15) is 4.79 Å². The normalized spacial score (nSPS) is 17.8. The lowest BCUT2D eigenvalue weighted by molar-refractivity contribution is -0.120. The van der Waals surface area contributed by atoms with Crippen LogP contribution in [0.5, 0.6) is 0 Å². The van der Waals surface area contributed by atoms with E-state index >= 15 is 0 Å². The van der Waals surface area contributed by atoms with Crippen LogP contribution in [-0.4, -0.2) is 35.7 Å². The molecular weight excluding hydrogens is 332 g/mol. The number of nitrogens with zero attached hydrogens (tertiary/aromatic N) is 1. The van der Waals surface area contributed by atoms with E-state index in [1.165, 1.54) is 19.3 Å². The first kappa shape index (κ1) is 18.1. The van der Waals surface area contributed by atoms with E-state index in [1.54, 1.807) is 18.0 Å². The molecule has 0 radical (unpaired) electrons. The van der Waals surface area contributed by atoms with Gasteiger partial charge in [0.05, 0.1) is 17.6 Å². The first-order valence-corrected chi connectivity index (χ1v) is 9.89. The third-order valence-electron chi connectivity index (χ3n) is 4.60. The Morgan fingerprint density at radius 3 is 2.60 bits per heavy atom. The Morgan fingerprint density at radius 1 is 1.16 bits per heavy atom. The molecule has 3 rings (SSSR count). The second-order valence-electron chi connectivity index (χ2n) is 6.45. The van der Waals surface area contributed by atoms with E-state index in [0.717, 1.165) is 23.7 Å². The minimum Gasteiger partial charge on any atom is -0.468 e. The molecule has 1 fully saturated rings. The molecule has 1 amide bonds. The third-order valence-corrected chi connectivity index (χ3v) is 5.71. The van der Waals surface area contributed by atoms with Crippen molar-refractivity contribution in [2.24, 2.45) is 0 Å². The molecule has 1 aromatic carbocycles. The maximum atomic E-state index is 12.5. The van der Waals surface area contributed by atoms with Crippen LogP contribution in [0, 0.1) is 0 Å². The van der Waals surface area contributed by atoms with Gasteiger partial charge in [0.2, 0.25) is 5.91 Å². The number of amides is 1. The Balaban J connectivity index is 1.57. The third kappa shape index (κ3) is 5.13. The zero-order chi connectivity index (χ0) is 17.5. The molecule has 1 aromatic heterocycles. The van der Waals surface area contributed by atoms with Crippen LogP contribution in [0.3, 0.4) is 0 Å². The van der Waals surface area contributed by atoms with Crippen molar-refractivity contribution in [2.75, 3.05) is 19.6 Å². The van der Waals surface area contributed by atoms with Gasteiger partial charge in [0, 0.05) is 11.4 Å². The summed E-state index contributed by atoms with van der Waals surface area (Å²) in [7, 11) is 0. The number of hydrogen-bond donors (Lipinski definition) is 1. The van der Waals surface area contributed by atoms with Gasteiger partial charge in [0.1, 0.15) is 5.76 Å². The topological polar surface area (TPSA) is 45.5 Å². The summed E-state index contributed by atoms with van der Waals surface area (Å²) in [6.45, 7) is 4.67. The summed E-state index contributed by atoms with van der Waals surface area (Å²) in [5.41, 5.74) is 0. The van der Waals surface area contributed by atoms with Crippen molar-refractivity contribution >= 4 is 17.7 Å². The molecule has 0 unspecified atom stereocenters. The molecule has 0 aliphatic carbocycles. The van der Waals surface area contributed by atoms with E-state index in [-0.39, 0.29) is 17.2 Å². The van der Waals surface area contributed by atoms with Crippen molar-refractivity contribution in [3.05, 3.63) is 54.5 Å². The van der Waals surface area contributed by atoms with Crippen LogP contribution >= 0.6 is 11.8 Å². The Labute approximate surface area is 154 Å². The summed E-state index contributed by atoms with van der Waals surface area (Å²) in [6.07, 6.45) is 5.43. The Kier molecular flexibility index (Phi) is 6.59. The molecule has 1 aliphatic heterocycles. The molecule has 2 heterocycles. The molecule has 2 atom stereocenters. The highest BCUT2D eigenvalue weighted by molar-refractivity contribution is 8.00. The van der Waals surface area contributed by atoms with Gasteiger partial charge in [-0.25, -0.2) is 0 Å². The zero-order valence-corrected chi connectivity index (χ0v) is 15.5. The van der Waals surface area contributed by atoms with E-state index in [0.29, 0.717) is 6.54 Å². The highest BCUT2D eigenvalue weighted by Crippen LogP contribution is 2.26. The number of furan rings is 1. The van der Waals surface area contributed by atoms with Gasteiger partial charge in [-0.15, -0.1) is 11.8 Å². The summed E-state index contributed by atoms with van der Waals surface area (Å²) in [5, 5.41) is 3.00. The molecule has 0 bridgehead atoms. The average Bonchev–Trinajstić information content (AvgIpc) is 3.18. The number of piperidine rings is 1. The molecule has 0 saturated carbocycles. The standard InChI is InChI=1S/C20H26N2O2S/c1-16(25-17-9-4-2-5-10-17)20(23)21-15-18(19-11-8-14-24-19)22-12-6-3-7-13-22/h2,4-5,8-11,14,16,18H,3,6-7,12-13,15H2,1H3,(H,21,23)/t16-,18-/m1/s1. The summed E-state index contributed by atoms with van der Waals surface area (Å²) in [4.78, 5) is 16.1. The molecule has 134 valence electrons. The van der Waals surface area contributed by atoms with Gasteiger partial charge in [-0.05, 0) is 57.1 Å². The van der Waals surface area contributed by atoms with Crippen LogP contribution in [0.1, 0.15) is 38.0 Å². The first-order chi connectivity index (χ1) is 12.2. The molecule has 25 heavy (non-hydrogen) atoms. The van der Waals surface area contributed by atoms with E-state index in [1.807, 2.05) is 49.4 Å². The molecule has 1 saturated heterocycles. The van der Waals surface area contributed by atoms with E-state index in [4.69, 9.17) is 4.42 Å². The number of hydrogen-bond acceptors (Lipinski definition) is 4. The first-order valence-electron chi connectivity index (χ1n) is 9.01. The maximum Gasteiger partial charge on any atom is 0.233 e. The lowest BCUT2D eigenvalue weighted by atomic mass is 10.1. The van der Waals surface area contributed by atoms with Crippen molar-refractivity contribution in [2.45, 2.75) is 42.4 Å². The van der Waals surface area contributed by atoms with Gasteiger partial charge in [-0.3, -0.25) is 9.69 Å². The monoisotopic (exact) mass is 358 g/mol. The van der Waals surface area contributed by atoms with Crippen LogP contribution in [0.25, 0.3) is 0 Å². The summed E-state index contributed by atoms with van der Waals surface area (Å²) in [6, 6.07) is 14.1. The number of carbonyl (C=O) groups is 1. The predicted octanol–water partition coefficient (Wildman–Crippen LogP) is 4.10. The van der Waals surface area contributed by atoms with Gasteiger partial charge in [0.25, 0.3) is 0 Å². The number of benzene rings is 1. The van der Waals surface area contributed by atoms with Gasteiger partial charge >= 0.3 is 0 Å². The second-order valence-corrected chi connectivity index (χ2v) is 7.86. The fraction of sp³-hybridized carbons (Fsp3) is 0.450. The highest BCUT2D eigenvalue weighted by Gasteiger charge is 2.25. The Bertz CT molecular complexity index is 639. The average molecular weight is 359 g/mol. The van der Waals surface area contributed by atoms with Crippen LogP contribution in [0.4, 0.5) is 0 Å². The van der Waals surface area contributed by atoms with Crippen molar-refractivity contribution in [3.63, 3.8) is 0 Å². The van der Waals surface area contributed by atoms with Crippen LogP contribution in [0.2, 0.25) is 0 Å². The number of rotatable bonds is 7. The number of carbonyl (C=O) groups excluding carboxylic acids is 1. The van der Waals surface area contributed by atoms with Gasteiger partial charge in [0.15, 0.2) is 0 Å². The maximum absolute atomic E-state index is 12.5. The van der Waals surface area contributed by atoms with Crippen molar-refractivity contribution < 1.29 is 9.21 Å². The summed E-state index contributed by atoms with van der Waals surface area (Å²) in [5.74, 6) is 1.01. The Hall–Kier alpha value is -1.72. The largest absolute Gasteiger partial charge is 0.468 e. The smallest absolute Gasteiger partial charge is 0.233 e. The lowest BCUT2D eigenvalue weighted by Crippen LogP contribution is -2.42. The molecule has 5 heteroatoms. The quantitative estimate of drug-likeness (QED) is 0.757. The van der Waals surface area contributed by atoms with Gasteiger partial charge in [-0.2, -0.15) is 0 Å². The Morgan fingerprint density at radius 2 is 1.92 bits per heavy atom. The van der Waals surface area contributed by atoms with E-state index in [2.05, 4.69) is 10.2 Å². The van der Waals surface area contributed by atoms with Crippen LogP contribution in [0.15, 0.2) is 58.0 Å². The number of nitrogens with one attached hydrogen (secondary N) is 1. The fourth-order valence-electron chi connectivity index (χ4n) is 3.22. The predicted molar refractivity (Wildman–Crippen MR) is 102 cm³/mol. The van der Waals surface area contributed by atoms with Crippen molar-refractivity contribution in [1.82, 2.24) is 10.2 Å².